The summed E-state index contributed by atoms with van der Waals surface area (Å²) in [7, 11) is 0. The molecular weight excluding hydrogens is 248 g/mol. The minimum absolute atomic E-state index is 0.507. The normalized spacial score (nSPS) is 11.7. The first kappa shape index (κ1) is 14.9. The number of aryl methyl sites for hydroxylation is 1. The standard InChI is InChI=1S/C12H20N4OS/c1-5-13-12(18-4)16-11-10(8-17-6-2)7-14-9(3)15-11/h7H,5-6,8H2,1-4H3,(H,13,14,15,16). The Labute approximate surface area is 112 Å². The van der Waals surface area contributed by atoms with Crippen LogP contribution < -0.4 is 5.32 Å². The van der Waals surface area contributed by atoms with Gasteiger partial charge in [-0.15, -0.1) is 0 Å². The number of rotatable bonds is 5. The molecule has 0 bridgehead atoms. The second kappa shape index (κ2) is 8.05. The van der Waals surface area contributed by atoms with Crippen LogP contribution in [0.4, 0.5) is 5.82 Å². The highest BCUT2D eigenvalue weighted by Gasteiger charge is 2.08. The average Bonchev–Trinajstić information content (AvgIpc) is 2.37. The van der Waals surface area contributed by atoms with Crippen LogP contribution in [0.15, 0.2) is 11.2 Å². The molecule has 1 aromatic heterocycles. The van der Waals surface area contributed by atoms with Crippen molar-refractivity contribution in [2.24, 2.45) is 4.99 Å². The fourth-order valence-corrected chi connectivity index (χ4v) is 1.78. The van der Waals surface area contributed by atoms with Crippen LogP contribution >= 0.6 is 11.8 Å². The molecule has 0 saturated carbocycles. The minimum Gasteiger partial charge on any atom is -0.377 e. The van der Waals surface area contributed by atoms with Gasteiger partial charge in [-0.25, -0.2) is 9.97 Å². The van der Waals surface area contributed by atoms with E-state index in [0.29, 0.717) is 13.2 Å². The van der Waals surface area contributed by atoms with E-state index in [1.54, 1.807) is 18.0 Å². The summed E-state index contributed by atoms with van der Waals surface area (Å²) < 4.78 is 5.41. The van der Waals surface area contributed by atoms with Crippen LogP contribution in [0.25, 0.3) is 0 Å². The lowest BCUT2D eigenvalue weighted by Gasteiger charge is -2.11. The van der Waals surface area contributed by atoms with Crippen molar-refractivity contribution in [2.75, 3.05) is 24.7 Å². The number of nitrogens with one attached hydrogen (secondary N) is 1. The molecule has 5 nitrogen and oxygen atoms in total. The molecule has 18 heavy (non-hydrogen) atoms. The van der Waals surface area contributed by atoms with Crippen molar-refractivity contribution in [1.82, 2.24) is 9.97 Å². The molecule has 0 fully saturated rings. The summed E-state index contributed by atoms with van der Waals surface area (Å²) in [6, 6.07) is 0. The van der Waals surface area contributed by atoms with E-state index in [1.165, 1.54) is 0 Å². The average molecular weight is 268 g/mol. The first-order chi connectivity index (χ1) is 8.71. The quantitative estimate of drug-likeness (QED) is 0.656. The lowest BCUT2D eigenvalue weighted by molar-refractivity contribution is 0.134. The van der Waals surface area contributed by atoms with Crippen molar-refractivity contribution in [3.63, 3.8) is 0 Å². The zero-order chi connectivity index (χ0) is 13.4. The van der Waals surface area contributed by atoms with Crippen LogP contribution in [0.2, 0.25) is 0 Å². The first-order valence-corrected chi connectivity index (χ1v) is 7.19. The number of hydrogen-bond acceptors (Lipinski definition) is 5. The van der Waals surface area contributed by atoms with Crippen LogP contribution in [0.3, 0.4) is 0 Å². The zero-order valence-electron chi connectivity index (χ0n) is 11.4. The number of anilines is 1. The van der Waals surface area contributed by atoms with E-state index in [4.69, 9.17) is 4.74 Å². The van der Waals surface area contributed by atoms with Gasteiger partial charge in [0.25, 0.3) is 0 Å². The third-order valence-corrected chi connectivity index (χ3v) is 2.78. The Hall–Kier alpha value is -1.14. The van der Waals surface area contributed by atoms with Gasteiger partial charge >= 0.3 is 0 Å². The Bertz CT molecular complexity index is 409. The number of hydrogen-bond donors (Lipinski definition) is 1. The molecule has 6 heteroatoms. The Morgan fingerprint density at radius 2 is 2.28 bits per heavy atom. The van der Waals surface area contributed by atoms with E-state index in [1.807, 2.05) is 27.0 Å². The van der Waals surface area contributed by atoms with Crippen LogP contribution in [-0.2, 0) is 11.3 Å². The van der Waals surface area contributed by atoms with Gasteiger partial charge in [0.15, 0.2) is 5.17 Å². The van der Waals surface area contributed by atoms with E-state index in [-0.39, 0.29) is 0 Å². The molecule has 0 aliphatic heterocycles. The molecule has 0 aromatic carbocycles. The molecule has 0 saturated heterocycles. The van der Waals surface area contributed by atoms with Crippen molar-refractivity contribution in [3.8, 4) is 0 Å². The number of thioether (sulfide) groups is 1. The van der Waals surface area contributed by atoms with Gasteiger partial charge in [-0.1, -0.05) is 11.8 Å². The number of aliphatic imine (C=N–C) groups is 1. The van der Waals surface area contributed by atoms with Crippen LogP contribution in [0.1, 0.15) is 25.2 Å². The predicted molar refractivity (Wildman–Crippen MR) is 77.2 cm³/mol. The monoisotopic (exact) mass is 268 g/mol. The van der Waals surface area contributed by atoms with Crippen molar-refractivity contribution in [2.45, 2.75) is 27.4 Å². The maximum atomic E-state index is 5.41. The van der Waals surface area contributed by atoms with Crippen molar-refractivity contribution in [1.29, 1.82) is 0 Å². The number of nitrogens with zero attached hydrogens (tertiary/aromatic N) is 3. The van der Waals surface area contributed by atoms with Crippen molar-refractivity contribution in [3.05, 3.63) is 17.6 Å². The Balaban J connectivity index is 2.90. The smallest absolute Gasteiger partial charge is 0.161 e. The number of ether oxygens (including phenoxy) is 1. The summed E-state index contributed by atoms with van der Waals surface area (Å²) in [5.41, 5.74) is 0.945. The fourth-order valence-electron chi connectivity index (χ4n) is 1.32. The zero-order valence-corrected chi connectivity index (χ0v) is 12.2. The molecule has 0 aliphatic rings. The third-order valence-electron chi connectivity index (χ3n) is 2.17. The molecule has 100 valence electrons. The molecule has 0 aliphatic carbocycles. The molecule has 0 radical (unpaired) electrons. The summed E-state index contributed by atoms with van der Waals surface area (Å²) >= 11 is 1.57. The number of amidine groups is 1. The lowest BCUT2D eigenvalue weighted by atomic mass is 10.3. The topological polar surface area (TPSA) is 59.4 Å². The van der Waals surface area contributed by atoms with Gasteiger partial charge in [0, 0.05) is 24.9 Å². The predicted octanol–water partition coefficient (Wildman–Crippen LogP) is 2.47. The van der Waals surface area contributed by atoms with Gasteiger partial charge < -0.3 is 10.1 Å². The van der Waals surface area contributed by atoms with Crippen LogP contribution in [-0.4, -0.2) is 34.5 Å². The Morgan fingerprint density at radius 3 is 2.89 bits per heavy atom. The van der Waals surface area contributed by atoms with Crippen LogP contribution in [0.5, 0.6) is 0 Å². The van der Waals surface area contributed by atoms with E-state index in [2.05, 4.69) is 20.3 Å². The first-order valence-electron chi connectivity index (χ1n) is 5.97. The van der Waals surface area contributed by atoms with E-state index in [9.17, 15) is 0 Å². The highest BCUT2D eigenvalue weighted by atomic mass is 32.2. The molecule has 0 unspecified atom stereocenters. The largest absolute Gasteiger partial charge is 0.377 e. The lowest BCUT2D eigenvalue weighted by Crippen LogP contribution is -2.13. The molecule has 1 rings (SSSR count). The molecule has 1 heterocycles. The van der Waals surface area contributed by atoms with E-state index >= 15 is 0 Å². The van der Waals surface area contributed by atoms with Crippen LogP contribution in [0, 0.1) is 6.92 Å². The van der Waals surface area contributed by atoms with E-state index < -0.39 is 0 Å². The summed E-state index contributed by atoms with van der Waals surface area (Å²) in [6.07, 6.45) is 3.78. The molecule has 1 aromatic rings. The van der Waals surface area contributed by atoms with Gasteiger partial charge in [-0.3, -0.25) is 4.99 Å². The van der Waals surface area contributed by atoms with E-state index in [0.717, 1.165) is 28.9 Å². The Morgan fingerprint density at radius 1 is 1.50 bits per heavy atom. The van der Waals surface area contributed by atoms with Crippen molar-refractivity contribution >= 4 is 22.7 Å². The van der Waals surface area contributed by atoms with Gasteiger partial charge in [-0.05, 0) is 27.0 Å². The van der Waals surface area contributed by atoms with Gasteiger partial charge in [0.1, 0.15) is 11.6 Å². The summed E-state index contributed by atoms with van der Waals surface area (Å²) in [4.78, 5) is 12.9. The molecule has 1 N–H and O–H groups in total. The summed E-state index contributed by atoms with van der Waals surface area (Å²) in [5, 5.41) is 4.08. The Kier molecular flexibility index (Phi) is 6.67. The number of aromatic nitrogens is 2. The molecular formula is C12H20N4OS. The van der Waals surface area contributed by atoms with Gasteiger partial charge in [-0.2, -0.15) is 0 Å². The molecule has 0 amide bonds. The second-order valence-electron chi connectivity index (χ2n) is 3.54. The minimum atomic E-state index is 0.507. The summed E-state index contributed by atoms with van der Waals surface area (Å²) in [6.45, 7) is 7.76. The van der Waals surface area contributed by atoms with Gasteiger partial charge in [0.05, 0.1) is 6.61 Å². The molecule has 0 spiro atoms. The van der Waals surface area contributed by atoms with Gasteiger partial charge in [0.2, 0.25) is 0 Å². The van der Waals surface area contributed by atoms with Crippen molar-refractivity contribution < 1.29 is 4.74 Å². The maximum Gasteiger partial charge on any atom is 0.161 e. The highest BCUT2D eigenvalue weighted by Crippen LogP contribution is 2.15. The summed E-state index contributed by atoms with van der Waals surface area (Å²) in [5.74, 6) is 1.51. The fraction of sp³-hybridized carbons (Fsp3) is 0.583. The molecule has 0 atom stereocenters. The maximum absolute atomic E-state index is 5.41. The third kappa shape index (κ3) is 4.62. The SMILES string of the molecule is CCN=C(Nc1nc(C)ncc1COCC)SC. The highest BCUT2D eigenvalue weighted by molar-refractivity contribution is 8.13. The second-order valence-corrected chi connectivity index (χ2v) is 4.33.